The zero-order valence-electron chi connectivity index (χ0n) is 18.4. The molecule has 1 amide bonds. The number of rotatable bonds is 8. The lowest BCUT2D eigenvalue weighted by Crippen LogP contribution is -2.31. The van der Waals surface area contributed by atoms with Gasteiger partial charge in [0.2, 0.25) is 10.0 Å². The standard InChI is InChI=1S/C22H32N4O3S/c1-15(2)25-30(28,29)14-17-8-6-16(7-9-17)13-23-21(27)19-12-20(18-10-11-18)26(24-19)22(3,4)5/h6-9,12,15,18,25H,10-11,13-14H2,1-5H3,(H,23,27). The van der Waals surface area contributed by atoms with E-state index in [2.05, 4.69) is 35.9 Å². The molecule has 1 heterocycles. The highest BCUT2D eigenvalue weighted by Crippen LogP contribution is 2.41. The van der Waals surface area contributed by atoms with Gasteiger partial charge in [-0.15, -0.1) is 0 Å². The van der Waals surface area contributed by atoms with Gasteiger partial charge in [-0.25, -0.2) is 13.1 Å². The van der Waals surface area contributed by atoms with E-state index in [1.165, 1.54) is 0 Å². The number of hydrogen-bond donors (Lipinski definition) is 2. The lowest BCUT2D eigenvalue weighted by Gasteiger charge is -2.22. The molecule has 2 aromatic rings. The van der Waals surface area contributed by atoms with Gasteiger partial charge in [0.1, 0.15) is 5.69 Å². The Labute approximate surface area is 179 Å². The Morgan fingerprint density at radius 3 is 2.30 bits per heavy atom. The van der Waals surface area contributed by atoms with E-state index in [4.69, 9.17) is 0 Å². The number of aromatic nitrogens is 2. The van der Waals surface area contributed by atoms with Crippen molar-refractivity contribution in [3.8, 4) is 0 Å². The number of carbonyl (C=O) groups is 1. The fourth-order valence-electron chi connectivity index (χ4n) is 3.36. The number of amides is 1. The highest BCUT2D eigenvalue weighted by atomic mass is 32.2. The van der Waals surface area contributed by atoms with Crippen molar-refractivity contribution in [2.75, 3.05) is 0 Å². The van der Waals surface area contributed by atoms with E-state index >= 15 is 0 Å². The number of hydrogen-bond acceptors (Lipinski definition) is 4. The number of nitrogens with zero attached hydrogens (tertiary/aromatic N) is 2. The number of benzene rings is 1. The molecule has 3 rings (SSSR count). The molecule has 0 unspecified atom stereocenters. The number of sulfonamides is 1. The lowest BCUT2D eigenvalue weighted by atomic mass is 10.1. The molecule has 30 heavy (non-hydrogen) atoms. The van der Waals surface area contributed by atoms with Gasteiger partial charge in [0.25, 0.3) is 5.91 Å². The Balaban J connectivity index is 1.61. The lowest BCUT2D eigenvalue weighted by molar-refractivity contribution is 0.0944. The SMILES string of the molecule is CC(C)NS(=O)(=O)Cc1ccc(CNC(=O)c2cc(C3CC3)n(C(C)(C)C)n2)cc1. The van der Waals surface area contributed by atoms with Crippen LogP contribution in [0.25, 0.3) is 0 Å². The molecule has 8 heteroatoms. The third kappa shape index (κ3) is 5.92. The zero-order chi connectivity index (χ0) is 22.1. The van der Waals surface area contributed by atoms with Crippen molar-refractivity contribution in [1.82, 2.24) is 19.8 Å². The molecule has 1 aliphatic rings. The molecule has 0 spiro atoms. The van der Waals surface area contributed by atoms with E-state index in [1.807, 2.05) is 22.9 Å². The Morgan fingerprint density at radius 1 is 1.17 bits per heavy atom. The van der Waals surface area contributed by atoms with Gasteiger partial charge in [0, 0.05) is 24.2 Å². The van der Waals surface area contributed by atoms with Crippen molar-refractivity contribution in [3.63, 3.8) is 0 Å². The summed E-state index contributed by atoms with van der Waals surface area (Å²) in [5.41, 5.74) is 3.01. The van der Waals surface area contributed by atoms with E-state index in [1.54, 1.807) is 26.0 Å². The van der Waals surface area contributed by atoms with Crippen LogP contribution < -0.4 is 10.0 Å². The van der Waals surface area contributed by atoms with Crippen LogP contribution >= 0.6 is 0 Å². The van der Waals surface area contributed by atoms with Crippen molar-refractivity contribution in [3.05, 3.63) is 52.8 Å². The van der Waals surface area contributed by atoms with Gasteiger partial charge in [-0.3, -0.25) is 9.48 Å². The summed E-state index contributed by atoms with van der Waals surface area (Å²) in [6, 6.07) is 9.01. The molecule has 1 fully saturated rings. The minimum absolute atomic E-state index is 0.0635. The van der Waals surface area contributed by atoms with Gasteiger partial charge in [-0.2, -0.15) is 5.10 Å². The Kier molecular flexibility index (Phi) is 6.38. The summed E-state index contributed by atoms with van der Waals surface area (Å²) >= 11 is 0. The predicted molar refractivity (Wildman–Crippen MR) is 118 cm³/mol. The fourth-order valence-corrected chi connectivity index (χ4v) is 4.79. The van der Waals surface area contributed by atoms with E-state index in [0.717, 1.165) is 24.1 Å². The van der Waals surface area contributed by atoms with Crippen LogP contribution in [0.15, 0.2) is 30.3 Å². The summed E-state index contributed by atoms with van der Waals surface area (Å²) in [6.45, 7) is 10.2. The minimum Gasteiger partial charge on any atom is -0.347 e. The summed E-state index contributed by atoms with van der Waals surface area (Å²) in [5, 5.41) is 7.48. The largest absolute Gasteiger partial charge is 0.347 e. The molecule has 1 aliphatic carbocycles. The van der Waals surface area contributed by atoms with Crippen molar-refractivity contribution in [2.24, 2.45) is 0 Å². The Hall–Kier alpha value is -2.19. The maximum Gasteiger partial charge on any atom is 0.272 e. The molecular weight excluding hydrogens is 400 g/mol. The first-order valence-corrected chi connectivity index (χ1v) is 12.1. The van der Waals surface area contributed by atoms with Crippen molar-refractivity contribution < 1.29 is 13.2 Å². The van der Waals surface area contributed by atoms with Gasteiger partial charge in [0.15, 0.2) is 0 Å². The first-order valence-electron chi connectivity index (χ1n) is 10.4. The highest BCUT2D eigenvalue weighted by Gasteiger charge is 2.32. The van der Waals surface area contributed by atoms with Crippen LogP contribution in [0, 0.1) is 0 Å². The van der Waals surface area contributed by atoms with Crippen molar-refractivity contribution in [1.29, 1.82) is 0 Å². The van der Waals surface area contributed by atoms with Crippen LogP contribution in [0.4, 0.5) is 0 Å². The third-order valence-electron chi connectivity index (χ3n) is 4.85. The summed E-state index contributed by atoms with van der Waals surface area (Å²) < 4.78 is 28.6. The molecule has 0 bridgehead atoms. The second-order valence-electron chi connectivity index (χ2n) is 9.34. The van der Waals surface area contributed by atoms with Crippen LogP contribution in [0.2, 0.25) is 0 Å². The van der Waals surface area contributed by atoms with Crippen LogP contribution in [-0.4, -0.2) is 30.1 Å². The van der Waals surface area contributed by atoms with Crippen molar-refractivity contribution in [2.45, 2.75) is 77.3 Å². The third-order valence-corrected chi connectivity index (χ3v) is 6.39. The quantitative estimate of drug-likeness (QED) is 0.669. The average Bonchev–Trinajstić information content (AvgIpc) is 3.36. The smallest absolute Gasteiger partial charge is 0.272 e. The van der Waals surface area contributed by atoms with Gasteiger partial charge in [-0.1, -0.05) is 24.3 Å². The highest BCUT2D eigenvalue weighted by molar-refractivity contribution is 7.88. The monoisotopic (exact) mass is 432 g/mol. The molecule has 1 aromatic heterocycles. The van der Waals surface area contributed by atoms with Crippen LogP contribution in [0.1, 0.15) is 80.7 Å². The number of carbonyl (C=O) groups excluding carboxylic acids is 1. The molecule has 0 atom stereocenters. The molecule has 2 N–H and O–H groups in total. The molecule has 0 radical (unpaired) electrons. The van der Waals surface area contributed by atoms with Gasteiger partial charge in [0.05, 0.1) is 11.3 Å². The van der Waals surface area contributed by atoms with E-state index in [-0.39, 0.29) is 23.2 Å². The first-order chi connectivity index (χ1) is 13.9. The maximum atomic E-state index is 12.6. The second kappa shape index (κ2) is 8.51. The summed E-state index contributed by atoms with van der Waals surface area (Å²) in [7, 11) is -3.35. The van der Waals surface area contributed by atoms with E-state index in [9.17, 15) is 13.2 Å². The summed E-state index contributed by atoms with van der Waals surface area (Å²) in [4.78, 5) is 12.6. The predicted octanol–water partition coefficient (Wildman–Crippen LogP) is 3.27. The van der Waals surface area contributed by atoms with E-state index < -0.39 is 10.0 Å². The first kappa shape index (κ1) is 22.5. The van der Waals surface area contributed by atoms with Gasteiger partial charge < -0.3 is 5.32 Å². The normalized spacial score (nSPS) is 14.9. The Morgan fingerprint density at radius 2 is 1.77 bits per heavy atom. The molecule has 7 nitrogen and oxygen atoms in total. The van der Waals surface area contributed by atoms with E-state index in [0.29, 0.717) is 23.7 Å². The second-order valence-corrected chi connectivity index (χ2v) is 11.1. The summed E-state index contributed by atoms with van der Waals surface area (Å²) in [5.74, 6) is 0.242. The van der Waals surface area contributed by atoms with Crippen molar-refractivity contribution >= 4 is 15.9 Å². The van der Waals surface area contributed by atoms with Gasteiger partial charge >= 0.3 is 0 Å². The zero-order valence-corrected chi connectivity index (χ0v) is 19.2. The average molecular weight is 433 g/mol. The fraction of sp³-hybridized carbons (Fsp3) is 0.545. The summed E-state index contributed by atoms with van der Waals surface area (Å²) in [6.07, 6.45) is 2.30. The number of nitrogens with one attached hydrogen (secondary N) is 2. The molecular formula is C22H32N4O3S. The Bertz CT molecular complexity index is 998. The topological polar surface area (TPSA) is 93.1 Å². The van der Waals surface area contributed by atoms with Crippen LogP contribution in [0.3, 0.4) is 0 Å². The maximum absolute atomic E-state index is 12.6. The molecule has 1 saturated carbocycles. The molecule has 1 aromatic carbocycles. The van der Waals surface area contributed by atoms with Gasteiger partial charge in [-0.05, 0) is 64.7 Å². The molecule has 0 saturated heterocycles. The molecule has 0 aliphatic heterocycles. The minimum atomic E-state index is -3.35. The van der Waals surface area contributed by atoms with Crippen LogP contribution in [0.5, 0.6) is 0 Å². The molecule has 164 valence electrons. The van der Waals surface area contributed by atoms with Crippen LogP contribution in [-0.2, 0) is 27.9 Å².